The van der Waals surface area contributed by atoms with Gasteiger partial charge in [0.25, 0.3) is 0 Å². The molecule has 0 spiro atoms. The first kappa shape index (κ1) is 20.8. The molecule has 9 heteroatoms. The van der Waals surface area contributed by atoms with Crippen LogP contribution in [-0.2, 0) is 14.8 Å². The Hall–Kier alpha value is -1.22. The predicted octanol–water partition coefficient (Wildman–Crippen LogP) is 1.00. The molecule has 24 heavy (non-hydrogen) atoms. The van der Waals surface area contributed by atoms with Crippen molar-refractivity contribution in [3.63, 3.8) is 0 Å². The van der Waals surface area contributed by atoms with Gasteiger partial charge in [0, 0.05) is 26.7 Å². The van der Waals surface area contributed by atoms with Crippen molar-refractivity contribution < 1.29 is 17.6 Å². The molecule has 0 aromatic heterocycles. The van der Waals surface area contributed by atoms with Gasteiger partial charge in [-0.2, -0.15) is 4.31 Å². The summed E-state index contributed by atoms with van der Waals surface area (Å²) < 4.78 is 38.1. The molecule has 0 saturated carbocycles. The molecule has 1 N–H and O–H groups in total. The van der Waals surface area contributed by atoms with Gasteiger partial charge >= 0.3 is 0 Å². The third-order valence-corrected chi connectivity index (χ3v) is 5.80. The maximum absolute atomic E-state index is 13.5. The zero-order chi connectivity index (χ0) is 17.0. The van der Waals surface area contributed by atoms with Gasteiger partial charge in [-0.15, -0.1) is 12.4 Å². The highest BCUT2D eigenvalue weighted by Gasteiger charge is 2.30. The molecule has 1 heterocycles. The van der Waals surface area contributed by atoms with Crippen molar-refractivity contribution in [3.8, 4) is 0 Å². The van der Waals surface area contributed by atoms with E-state index >= 15 is 0 Å². The van der Waals surface area contributed by atoms with Gasteiger partial charge in [0.15, 0.2) is 0 Å². The largest absolute Gasteiger partial charge is 0.332 e. The molecule has 1 fully saturated rings. The molecular formula is C15H23ClFN3O3S. The molecule has 0 radical (unpaired) electrons. The van der Waals surface area contributed by atoms with Crippen LogP contribution in [0.4, 0.5) is 4.39 Å². The molecule has 1 aliphatic heterocycles. The summed E-state index contributed by atoms with van der Waals surface area (Å²) in [5.41, 5.74) is 0.701. The van der Waals surface area contributed by atoms with Gasteiger partial charge in [-0.05, 0) is 24.6 Å². The lowest BCUT2D eigenvalue weighted by molar-refractivity contribution is -0.134. The van der Waals surface area contributed by atoms with Gasteiger partial charge in [-0.1, -0.05) is 12.1 Å². The lowest BCUT2D eigenvalue weighted by Crippen LogP contribution is -2.51. The highest BCUT2D eigenvalue weighted by atomic mass is 35.5. The minimum Gasteiger partial charge on any atom is -0.332 e. The maximum Gasteiger partial charge on any atom is 0.238 e. The second-order valence-corrected chi connectivity index (χ2v) is 7.88. The number of halogens is 2. The van der Waals surface area contributed by atoms with E-state index in [1.165, 1.54) is 26.1 Å². The number of rotatable bonds is 5. The maximum atomic E-state index is 13.5. The number of hydrogen-bond donors (Lipinski definition) is 1. The van der Waals surface area contributed by atoms with Gasteiger partial charge in [0.05, 0.1) is 18.3 Å². The van der Waals surface area contributed by atoms with E-state index in [4.69, 9.17) is 0 Å². The van der Waals surface area contributed by atoms with Crippen LogP contribution in [0.5, 0.6) is 0 Å². The lowest BCUT2D eigenvalue weighted by atomic mass is 10.0. The average Bonchev–Trinajstić information content (AvgIpc) is 2.54. The van der Waals surface area contributed by atoms with Crippen molar-refractivity contribution in [2.45, 2.75) is 13.0 Å². The Balaban J connectivity index is 0.00000288. The van der Waals surface area contributed by atoms with Crippen molar-refractivity contribution >= 4 is 28.3 Å². The fourth-order valence-corrected chi connectivity index (χ4v) is 3.36. The number of carbonyl (C=O) groups excluding carboxylic acids is 1. The quantitative estimate of drug-likeness (QED) is 0.828. The molecule has 1 aliphatic rings. The first-order chi connectivity index (χ1) is 10.8. The number of piperazine rings is 1. The minimum absolute atomic E-state index is 0. The zero-order valence-corrected chi connectivity index (χ0v) is 15.4. The Morgan fingerprint density at radius 2 is 2.17 bits per heavy atom. The molecule has 1 unspecified atom stereocenters. The van der Waals surface area contributed by atoms with Gasteiger partial charge in [0.2, 0.25) is 15.9 Å². The molecule has 0 bridgehead atoms. The average molecular weight is 380 g/mol. The van der Waals surface area contributed by atoms with Crippen LogP contribution in [0.15, 0.2) is 24.3 Å². The minimum atomic E-state index is -3.41. The van der Waals surface area contributed by atoms with Crippen LogP contribution in [-0.4, -0.2) is 62.5 Å². The van der Waals surface area contributed by atoms with Crippen molar-refractivity contribution in [1.82, 2.24) is 14.5 Å². The summed E-state index contributed by atoms with van der Waals surface area (Å²) in [5, 5.41) is 3.18. The molecule has 6 nitrogen and oxygen atoms in total. The van der Waals surface area contributed by atoms with E-state index in [2.05, 4.69) is 5.32 Å². The van der Waals surface area contributed by atoms with Crippen molar-refractivity contribution in [2.24, 2.45) is 0 Å². The van der Waals surface area contributed by atoms with Gasteiger partial charge in [-0.25, -0.2) is 12.8 Å². The Morgan fingerprint density at radius 1 is 1.46 bits per heavy atom. The van der Waals surface area contributed by atoms with Crippen LogP contribution >= 0.6 is 12.4 Å². The van der Waals surface area contributed by atoms with Crippen LogP contribution in [0.1, 0.15) is 18.5 Å². The second kappa shape index (κ2) is 8.75. The van der Waals surface area contributed by atoms with Crippen LogP contribution in [0.25, 0.3) is 0 Å². The molecule has 1 aromatic rings. The van der Waals surface area contributed by atoms with E-state index in [9.17, 15) is 17.6 Å². The topological polar surface area (TPSA) is 69.7 Å². The van der Waals surface area contributed by atoms with Crippen molar-refractivity contribution in [2.75, 3.05) is 39.0 Å². The van der Waals surface area contributed by atoms with E-state index in [0.717, 1.165) is 4.31 Å². The smallest absolute Gasteiger partial charge is 0.238 e. The summed E-state index contributed by atoms with van der Waals surface area (Å²) in [5.74, 6) is -0.683. The highest BCUT2D eigenvalue weighted by molar-refractivity contribution is 7.89. The third kappa shape index (κ3) is 4.89. The number of likely N-dealkylation sites (N-methyl/N-ethyl adjacent to an activating group) is 1. The number of benzene rings is 1. The van der Waals surface area contributed by atoms with E-state index in [1.807, 2.05) is 0 Å². The fourth-order valence-electron chi connectivity index (χ4n) is 2.61. The Bertz CT molecular complexity index is 672. The zero-order valence-electron chi connectivity index (χ0n) is 13.7. The first-order valence-corrected chi connectivity index (χ1v) is 9.15. The first-order valence-electron chi connectivity index (χ1n) is 7.55. The normalized spacial score (nSPS) is 18.3. The summed E-state index contributed by atoms with van der Waals surface area (Å²) in [7, 11) is -2.01. The molecule has 136 valence electrons. The molecule has 0 aliphatic carbocycles. The number of nitrogens with one attached hydrogen (secondary N) is 1. The van der Waals surface area contributed by atoms with Crippen LogP contribution in [0, 0.1) is 5.82 Å². The number of hydrogen-bond acceptors (Lipinski definition) is 4. The number of sulfonamides is 1. The van der Waals surface area contributed by atoms with Crippen LogP contribution in [0.2, 0.25) is 0 Å². The summed E-state index contributed by atoms with van der Waals surface area (Å²) in [6, 6.07) is 5.84. The van der Waals surface area contributed by atoms with Gasteiger partial charge < -0.3 is 10.2 Å². The van der Waals surface area contributed by atoms with Crippen LogP contribution in [0.3, 0.4) is 0 Å². The Labute approximate surface area is 148 Å². The second-order valence-electron chi connectivity index (χ2n) is 5.52. The fraction of sp³-hybridized carbons (Fsp3) is 0.533. The van der Waals surface area contributed by atoms with Crippen molar-refractivity contribution in [1.29, 1.82) is 0 Å². The van der Waals surface area contributed by atoms with E-state index in [1.54, 1.807) is 17.0 Å². The molecule has 1 saturated heterocycles. The third-order valence-electron chi connectivity index (χ3n) is 3.99. The summed E-state index contributed by atoms with van der Waals surface area (Å²) in [4.78, 5) is 14.2. The summed E-state index contributed by atoms with van der Waals surface area (Å²) >= 11 is 0. The number of amides is 1. The molecule has 1 aromatic carbocycles. The van der Waals surface area contributed by atoms with E-state index in [-0.39, 0.29) is 42.5 Å². The standard InChI is InChI=1S/C15H22FN3O3S.ClH/c1-3-23(21,22)18(2)11-15(20)19-8-7-17-10-14(19)12-5-4-6-13(16)9-12;/h4-6,9,14,17H,3,7-8,10-11H2,1-2H3;1H. The summed E-state index contributed by atoms with van der Waals surface area (Å²) in [6.45, 7) is 2.93. The number of nitrogens with zero attached hydrogens (tertiary/aromatic N) is 2. The Kier molecular flexibility index (Phi) is 7.59. The monoisotopic (exact) mass is 379 g/mol. The lowest BCUT2D eigenvalue weighted by Gasteiger charge is -2.37. The highest BCUT2D eigenvalue weighted by Crippen LogP contribution is 2.23. The molecular weight excluding hydrogens is 357 g/mol. The Morgan fingerprint density at radius 3 is 2.79 bits per heavy atom. The molecule has 1 atom stereocenters. The predicted molar refractivity (Wildman–Crippen MR) is 93.1 cm³/mol. The SMILES string of the molecule is CCS(=O)(=O)N(C)CC(=O)N1CCNCC1c1cccc(F)c1.Cl. The molecule has 2 rings (SSSR count). The van der Waals surface area contributed by atoms with Gasteiger partial charge in [0.1, 0.15) is 5.82 Å². The van der Waals surface area contributed by atoms with E-state index < -0.39 is 10.0 Å². The summed E-state index contributed by atoms with van der Waals surface area (Å²) in [6.07, 6.45) is 0. The van der Waals surface area contributed by atoms with Crippen molar-refractivity contribution in [3.05, 3.63) is 35.6 Å². The number of carbonyl (C=O) groups is 1. The van der Waals surface area contributed by atoms with Gasteiger partial charge in [-0.3, -0.25) is 4.79 Å². The van der Waals surface area contributed by atoms with E-state index in [0.29, 0.717) is 25.2 Å². The van der Waals surface area contributed by atoms with Crippen LogP contribution < -0.4 is 5.32 Å². The molecule has 1 amide bonds.